The van der Waals surface area contributed by atoms with Gasteiger partial charge in [-0.1, -0.05) is 11.6 Å². The lowest BCUT2D eigenvalue weighted by atomic mass is 9.88. The fraction of sp³-hybridized carbons (Fsp3) is 0.600. The van der Waals surface area contributed by atoms with Crippen LogP contribution in [0, 0.1) is 19.8 Å². The molecule has 1 saturated heterocycles. The van der Waals surface area contributed by atoms with Crippen molar-refractivity contribution < 1.29 is 4.74 Å². The fourth-order valence-electron chi connectivity index (χ4n) is 2.77. The summed E-state index contributed by atoms with van der Waals surface area (Å²) in [4.78, 5) is 0. The number of ether oxygens (including phenoxy) is 1. The number of rotatable bonds is 3. The molecule has 1 aromatic carbocycles. The van der Waals surface area contributed by atoms with Crippen molar-refractivity contribution in [1.29, 1.82) is 0 Å². The van der Waals surface area contributed by atoms with Crippen LogP contribution in [-0.2, 0) is 6.42 Å². The molecule has 3 heteroatoms. The Bertz CT molecular complexity index is 425. The monoisotopic (exact) mass is 267 g/mol. The maximum Gasteiger partial charge on any atom is 0.122 e. The van der Waals surface area contributed by atoms with E-state index in [1.54, 1.807) is 7.11 Å². The second kappa shape index (κ2) is 5.94. The highest BCUT2D eigenvalue weighted by atomic mass is 35.5. The van der Waals surface area contributed by atoms with Crippen molar-refractivity contribution in [3.05, 3.63) is 27.8 Å². The number of aryl methyl sites for hydroxylation is 1. The highest BCUT2D eigenvalue weighted by molar-refractivity contribution is 6.32. The lowest BCUT2D eigenvalue weighted by molar-refractivity contribution is 0.360. The van der Waals surface area contributed by atoms with Crippen molar-refractivity contribution in [2.45, 2.75) is 33.1 Å². The van der Waals surface area contributed by atoms with Crippen LogP contribution in [0.2, 0.25) is 5.02 Å². The number of hydrogen-bond donors (Lipinski definition) is 1. The van der Waals surface area contributed by atoms with E-state index in [0.717, 1.165) is 41.8 Å². The van der Waals surface area contributed by atoms with E-state index in [9.17, 15) is 0 Å². The van der Waals surface area contributed by atoms with Crippen LogP contribution in [0.5, 0.6) is 5.75 Å². The normalized spacial score (nSPS) is 16.9. The Hall–Kier alpha value is -0.730. The Morgan fingerprint density at radius 2 is 2.00 bits per heavy atom. The fourth-order valence-corrected chi connectivity index (χ4v) is 2.94. The molecule has 2 rings (SSSR count). The summed E-state index contributed by atoms with van der Waals surface area (Å²) < 4.78 is 5.53. The first-order valence-corrected chi connectivity index (χ1v) is 7.04. The molecule has 0 radical (unpaired) electrons. The Labute approximate surface area is 115 Å². The van der Waals surface area contributed by atoms with E-state index in [-0.39, 0.29) is 0 Å². The van der Waals surface area contributed by atoms with Crippen LogP contribution in [0.25, 0.3) is 0 Å². The van der Waals surface area contributed by atoms with E-state index >= 15 is 0 Å². The van der Waals surface area contributed by atoms with Gasteiger partial charge in [0.25, 0.3) is 0 Å². The number of halogens is 1. The van der Waals surface area contributed by atoms with Crippen molar-refractivity contribution in [3.8, 4) is 5.75 Å². The predicted octanol–water partition coefficient (Wildman–Crippen LogP) is 3.51. The third-order valence-electron chi connectivity index (χ3n) is 3.94. The maximum absolute atomic E-state index is 6.36. The molecule has 0 unspecified atom stereocenters. The van der Waals surface area contributed by atoms with E-state index in [4.69, 9.17) is 16.3 Å². The van der Waals surface area contributed by atoms with Crippen molar-refractivity contribution in [3.63, 3.8) is 0 Å². The minimum absolute atomic E-state index is 0.748. The smallest absolute Gasteiger partial charge is 0.122 e. The van der Waals surface area contributed by atoms with E-state index in [1.165, 1.54) is 24.0 Å². The van der Waals surface area contributed by atoms with Gasteiger partial charge in [0.2, 0.25) is 0 Å². The Balaban J connectivity index is 2.27. The molecule has 1 heterocycles. The number of piperidine rings is 1. The van der Waals surface area contributed by atoms with Gasteiger partial charge < -0.3 is 10.1 Å². The molecule has 0 amide bonds. The quantitative estimate of drug-likeness (QED) is 0.905. The lowest BCUT2D eigenvalue weighted by Gasteiger charge is -2.25. The van der Waals surface area contributed by atoms with Crippen LogP contribution in [0.3, 0.4) is 0 Å². The molecule has 0 bridgehead atoms. The van der Waals surface area contributed by atoms with Gasteiger partial charge in [0.15, 0.2) is 0 Å². The number of methoxy groups -OCH3 is 1. The third kappa shape index (κ3) is 2.81. The first-order valence-electron chi connectivity index (χ1n) is 6.66. The van der Waals surface area contributed by atoms with Gasteiger partial charge in [-0.15, -0.1) is 0 Å². The molecule has 0 aliphatic carbocycles. The molecular weight excluding hydrogens is 246 g/mol. The highest BCUT2D eigenvalue weighted by Crippen LogP contribution is 2.34. The summed E-state index contributed by atoms with van der Waals surface area (Å²) in [7, 11) is 1.74. The van der Waals surface area contributed by atoms with Gasteiger partial charge in [-0.2, -0.15) is 0 Å². The summed E-state index contributed by atoms with van der Waals surface area (Å²) >= 11 is 6.36. The van der Waals surface area contributed by atoms with Crippen LogP contribution in [0.1, 0.15) is 29.5 Å². The largest absolute Gasteiger partial charge is 0.496 e. The van der Waals surface area contributed by atoms with Gasteiger partial charge in [-0.3, -0.25) is 0 Å². The van der Waals surface area contributed by atoms with Crippen LogP contribution in [0.15, 0.2) is 6.07 Å². The molecule has 0 spiro atoms. The summed E-state index contributed by atoms with van der Waals surface area (Å²) in [5.41, 5.74) is 3.58. The van der Waals surface area contributed by atoms with Crippen LogP contribution >= 0.6 is 11.6 Å². The zero-order chi connectivity index (χ0) is 13.1. The topological polar surface area (TPSA) is 21.3 Å². The molecule has 18 heavy (non-hydrogen) atoms. The first kappa shape index (κ1) is 13.7. The van der Waals surface area contributed by atoms with Crippen molar-refractivity contribution in [2.75, 3.05) is 20.2 Å². The SMILES string of the molecule is COc1cc(C)c(Cl)c(C)c1CC1CCNCC1. The summed E-state index contributed by atoms with van der Waals surface area (Å²) in [6, 6.07) is 2.06. The molecular formula is C15H22ClNO. The van der Waals surface area contributed by atoms with Crippen molar-refractivity contribution >= 4 is 11.6 Å². The van der Waals surface area contributed by atoms with Gasteiger partial charge >= 0.3 is 0 Å². The van der Waals surface area contributed by atoms with Gasteiger partial charge in [0, 0.05) is 5.02 Å². The Morgan fingerprint density at radius 3 is 2.61 bits per heavy atom. The summed E-state index contributed by atoms with van der Waals surface area (Å²) in [6.07, 6.45) is 3.57. The molecule has 100 valence electrons. The molecule has 1 N–H and O–H groups in total. The van der Waals surface area contributed by atoms with Crippen molar-refractivity contribution in [1.82, 2.24) is 5.32 Å². The lowest BCUT2D eigenvalue weighted by Crippen LogP contribution is -2.28. The molecule has 0 aromatic heterocycles. The average molecular weight is 268 g/mol. The van der Waals surface area contributed by atoms with E-state index < -0.39 is 0 Å². The van der Waals surface area contributed by atoms with Crippen LogP contribution in [0.4, 0.5) is 0 Å². The van der Waals surface area contributed by atoms with E-state index in [2.05, 4.69) is 18.3 Å². The molecule has 2 nitrogen and oxygen atoms in total. The minimum atomic E-state index is 0.748. The summed E-state index contributed by atoms with van der Waals surface area (Å²) in [6.45, 7) is 6.40. The van der Waals surface area contributed by atoms with E-state index in [0.29, 0.717) is 0 Å². The van der Waals surface area contributed by atoms with Crippen LogP contribution < -0.4 is 10.1 Å². The Kier molecular flexibility index (Phi) is 4.52. The zero-order valence-corrected chi connectivity index (χ0v) is 12.2. The molecule has 1 aliphatic heterocycles. The first-order chi connectivity index (χ1) is 8.63. The summed E-state index contributed by atoms with van der Waals surface area (Å²) in [5.74, 6) is 1.74. The average Bonchev–Trinajstić information content (AvgIpc) is 2.40. The number of nitrogens with one attached hydrogen (secondary N) is 1. The molecule has 1 fully saturated rings. The highest BCUT2D eigenvalue weighted by Gasteiger charge is 2.19. The van der Waals surface area contributed by atoms with Gasteiger partial charge in [0.05, 0.1) is 7.11 Å². The molecule has 0 saturated carbocycles. The molecule has 1 aromatic rings. The van der Waals surface area contributed by atoms with Crippen molar-refractivity contribution in [2.24, 2.45) is 5.92 Å². The van der Waals surface area contributed by atoms with Gasteiger partial charge in [0.1, 0.15) is 5.75 Å². The van der Waals surface area contributed by atoms with E-state index in [1.807, 2.05) is 6.92 Å². The third-order valence-corrected chi connectivity index (χ3v) is 4.53. The van der Waals surface area contributed by atoms with Gasteiger partial charge in [-0.25, -0.2) is 0 Å². The number of hydrogen-bond acceptors (Lipinski definition) is 2. The maximum atomic E-state index is 6.36. The van der Waals surface area contributed by atoms with Gasteiger partial charge in [-0.05, 0) is 74.9 Å². The number of benzene rings is 1. The second-order valence-electron chi connectivity index (χ2n) is 5.21. The minimum Gasteiger partial charge on any atom is -0.496 e. The van der Waals surface area contributed by atoms with Crippen LogP contribution in [-0.4, -0.2) is 20.2 Å². The molecule has 0 atom stereocenters. The predicted molar refractivity (Wildman–Crippen MR) is 76.8 cm³/mol. The Morgan fingerprint density at radius 1 is 1.33 bits per heavy atom. The summed E-state index contributed by atoms with van der Waals surface area (Å²) in [5, 5.41) is 4.30. The standard InChI is InChI=1S/C15H22ClNO/c1-10-8-14(18-3)13(11(2)15(10)16)9-12-4-6-17-7-5-12/h8,12,17H,4-7,9H2,1-3H3. The zero-order valence-electron chi connectivity index (χ0n) is 11.5. The molecule has 1 aliphatic rings. The second-order valence-corrected chi connectivity index (χ2v) is 5.59.